The van der Waals surface area contributed by atoms with Crippen LogP contribution >= 0.6 is 0 Å². The van der Waals surface area contributed by atoms with Crippen molar-refractivity contribution in [3.05, 3.63) is 222 Å². The Bertz CT molecular complexity index is 3440. The van der Waals surface area contributed by atoms with E-state index in [1.54, 1.807) is 0 Å². The van der Waals surface area contributed by atoms with E-state index in [2.05, 4.69) is 281 Å². The molecule has 6 heteroatoms. The van der Waals surface area contributed by atoms with Crippen LogP contribution in [0.4, 0.5) is 22.7 Å². The van der Waals surface area contributed by atoms with Gasteiger partial charge in [-0.05, 0) is 103 Å². The minimum Gasteiger partial charge on any atom is -0.509 e. The molecule has 10 rings (SSSR count). The largest absolute Gasteiger partial charge is 0.509 e. The van der Waals surface area contributed by atoms with Crippen molar-refractivity contribution < 1.29 is 25.8 Å². The number of rotatable bonds is 9. The normalized spacial score (nSPS) is 13.4. The zero-order valence-electron chi connectivity index (χ0n) is 44.2. The van der Waals surface area contributed by atoms with Crippen LogP contribution < -0.4 is 14.5 Å². The van der Waals surface area contributed by atoms with Gasteiger partial charge in [0, 0.05) is 66.8 Å². The summed E-state index contributed by atoms with van der Waals surface area (Å²) in [4.78, 5) is 9.62. The summed E-state index contributed by atoms with van der Waals surface area (Å²) in [6, 6.07) is 64.8. The van der Waals surface area contributed by atoms with Crippen LogP contribution in [0.1, 0.15) is 129 Å². The number of aromatic nitrogens is 2. The monoisotopic (exact) mass is 1130 g/mol. The summed E-state index contributed by atoms with van der Waals surface area (Å²) in [5.74, 6) is 2.04. The number of anilines is 4. The molecule has 72 heavy (non-hydrogen) atoms. The Labute approximate surface area is 443 Å². The van der Waals surface area contributed by atoms with E-state index in [4.69, 9.17) is 9.72 Å². The van der Waals surface area contributed by atoms with Gasteiger partial charge in [0.2, 0.25) is 0 Å². The van der Waals surface area contributed by atoms with Gasteiger partial charge in [-0.1, -0.05) is 187 Å². The minimum atomic E-state index is -0.377. The third-order valence-electron chi connectivity index (χ3n) is 14.8. The molecule has 2 aromatic heterocycles. The van der Waals surface area contributed by atoms with Crippen molar-refractivity contribution >= 4 is 44.6 Å². The fourth-order valence-electron chi connectivity index (χ4n) is 10.0. The number of hydrogen-bond donors (Lipinski definition) is 0. The van der Waals surface area contributed by atoms with E-state index < -0.39 is 0 Å². The van der Waals surface area contributed by atoms with Crippen molar-refractivity contribution in [2.75, 3.05) is 9.80 Å². The zero-order valence-corrected chi connectivity index (χ0v) is 46.5. The molecule has 0 unspecified atom stereocenters. The minimum absolute atomic E-state index is 0. The van der Waals surface area contributed by atoms with E-state index in [-0.39, 0.29) is 48.1 Å². The second-order valence-electron chi connectivity index (χ2n) is 23.6. The number of pyridine rings is 1. The first-order chi connectivity index (χ1) is 33.6. The number of benzene rings is 7. The van der Waals surface area contributed by atoms with Crippen molar-refractivity contribution in [2.45, 2.75) is 117 Å². The van der Waals surface area contributed by atoms with Gasteiger partial charge in [0.1, 0.15) is 5.82 Å². The Hall–Kier alpha value is -6.42. The van der Waals surface area contributed by atoms with E-state index in [1.165, 1.54) is 33.4 Å². The fourth-order valence-corrected chi connectivity index (χ4v) is 10.0. The third-order valence-corrected chi connectivity index (χ3v) is 14.8. The van der Waals surface area contributed by atoms with E-state index in [0.29, 0.717) is 11.5 Å². The smallest absolute Gasteiger partial charge is 0.135 e. The van der Waals surface area contributed by atoms with Crippen LogP contribution in [0.2, 0.25) is 0 Å². The Balaban J connectivity index is 0.00000640. The molecule has 0 bridgehead atoms. The molecule has 370 valence electrons. The predicted molar refractivity (Wildman–Crippen MR) is 297 cm³/mol. The van der Waals surface area contributed by atoms with Crippen molar-refractivity contribution in [1.82, 2.24) is 9.55 Å². The molecule has 1 aliphatic rings. The first-order valence-electron chi connectivity index (χ1n) is 25.1. The molecule has 0 spiro atoms. The molecule has 0 atom stereocenters. The molecule has 0 saturated heterocycles. The van der Waals surface area contributed by atoms with Gasteiger partial charge in [-0.3, -0.25) is 0 Å². The molecule has 0 fully saturated rings. The van der Waals surface area contributed by atoms with E-state index >= 15 is 0 Å². The quantitative estimate of drug-likeness (QED) is 0.135. The number of nitrogens with zero attached hydrogens (tertiary/aromatic N) is 4. The first kappa shape index (κ1) is 50.5. The second kappa shape index (κ2) is 18.6. The summed E-state index contributed by atoms with van der Waals surface area (Å²) in [5.41, 5.74) is 14.0. The first-order valence-corrected chi connectivity index (χ1v) is 25.1. The van der Waals surface area contributed by atoms with Crippen LogP contribution in [-0.2, 0) is 48.1 Å². The topological polar surface area (TPSA) is 33.5 Å². The average molecular weight is 1130 g/mol. The van der Waals surface area contributed by atoms with Crippen LogP contribution in [0.25, 0.3) is 27.6 Å². The van der Waals surface area contributed by atoms with Crippen LogP contribution in [0.5, 0.6) is 11.5 Å². The molecule has 5 nitrogen and oxygen atoms in total. The molecule has 7 aromatic carbocycles. The van der Waals surface area contributed by atoms with Crippen LogP contribution in [0, 0.1) is 18.8 Å². The van der Waals surface area contributed by atoms with Gasteiger partial charge in [-0.15, -0.1) is 53.6 Å². The molecule has 0 amide bonds. The Kier molecular flexibility index (Phi) is 13.0. The second-order valence-corrected chi connectivity index (χ2v) is 23.6. The number of ether oxygens (including phenoxy) is 1. The van der Waals surface area contributed by atoms with Gasteiger partial charge in [-0.2, -0.15) is 6.07 Å². The zero-order chi connectivity index (χ0) is 50.3. The van der Waals surface area contributed by atoms with Gasteiger partial charge in [0.05, 0.1) is 0 Å². The Morgan fingerprint density at radius 1 is 0.444 bits per heavy atom. The number of hydrogen-bond acceptors (Lipinski definition) is 4. The van der Waals surface area contributed by atoms with Gasteiger partial charge in [0.15, 0.2) is 0 Å². The summed E-state index contributed by atoms with van der Waals surface area (Å²) in [7, 11) is 0. The van der Waals surface area contributed by atoms with E-state index in [1.807, 2.05) is 6.20 Å². The van der Waals surface area contributed by atoms with Crippen LogP contribution in [0.3, 0.4) is 0 Å². The van der Waals surface area contributed by atoms with Crippen molar-refractivity contribution in [1.29, 1.82) is 0 Å². The fraction of sp³-hybridized carbons (Fsp3) is 0.273. The van der Waals surface area contributed by atoms with E-state index in [0.717, 1.165) is 55.9 Å². The van der Waals surface area contributed by atoms with Gasteiger partial charge < -0.3 is 19.1 Å². The third kappa shape index (κ3) is 9.42. The molecule has 0 aliphatic carbocycles. The maximum absolute atomic E-state index is 7.08. The van der Waals surface area contributed by atoms with Gasteiger partial charge in [-0.25, -0.2) is 4.98 Å². The van der Waals surface area contributed by atoms with Gasteiger partial charge >= 0.3 is 0 Å². The molecule has 0 radical (unpaired) electrons. The molecule has 1 aliphatic heterocycles. The molecular weight excluding hydrogens is 1060 g/mol. The Morgan fingerprint density at radius 3 is 1.69 bits per heavy atom. The summed E-state index contributed by atoms with van der Waals surface area (Å²) in [6.45, 7) is 31.8. The van der Waals surface area contributed by atoms with Crippen molar-refractivity contribution in [3.8, 4) is 17.3 Å². The molecule has 0 saturated carbocycles. The average Bonchev–Trinajstić information content (AvgIpc) is 3.89. The summed E-state index contributed by atoms with van der Waals surface area (Å²) in [6.07, 6.45) is 1.93. The molecule has 3 heterocycles. The standard InChI is InChI=1S/C66H67N4O.Pt/c1-62(2,3)46-25-20-26-51(35-46)68-43-69(58-32-27-47(39-60(58)68)63(4,5)6)52-36-50(66(12,13)45-23-18-15-19-24-45)37-54(41-52)71-53-29-30-55-56-38-49(65(10,11)44-21-16-14-17-22-44)28-31-57(56)70(59(55)42-53)61-40-48(33-34-67-61)64(7,8)9;/h14-40,43H,1-13H3;/q-3;. The van der Waals surface area contributed by atoms with Crippen molar-refractivity contribution in [2.24, 2.45) is 0 Å². The molecular formula is C66H67N4OPt-3. The maximum Gasteiger partial charge on any atom is 0.135 e. The van der Waals surface area contributed by atoms with Gasteiger partial charge in [0.25, 0.3) is 0 Å². The predicted octanol–water partition coefficient (Wildman–Crippen LogP) is 17.5. The summed E-state index contributed by atoms with van der Waals surface area (Å²) in [5, 5.41) is 2.22. The maximum atomic E-state index is 7.08. The summed E-state index contributed by atoms with van der Waals surface area (Å²) < 4.78 is 9.33. The number of fused-ring (bicyclic) bond motifs is 4. The Morgan fingerprint density at radius 2 is 1.04 bits per heavy atom. The molecule has 0 N–H and O–H groups in total. The molecule has 9 aromatic rings. The SMILES string of the molecule is CC(C)(C)c1cccc(N2[CH-]N(c3[c-]c(Oc4[c-]c5c(cc4)c4cc(C(C)(C)c6ccccc6)ccc4n5-c4cc(C(C)(C)C)ccn4)cc(C(C)(C)c4ccccc4)c3)c3ccc(C(C)(C)C)cc32)c1.[Pt]. The van der Waals surface area contributed by atoms with E-state index in [9.17, 15) is 0 Å². The van der Waals surface area contributed by atoms with Crippen molar-refractivity contribution in [3.63, 3.8) is 0 Å². The summed E-state index contributed by atoms with van der Waals surface area (Å²) >= 11 is 0. The van der Waals surface area contributed by atoms with Crippen LogP contribution in [0.15, 0.2) is 164 Å². The van der Waals surface area contributed by atoms with Crippen LogP contribution in [-0.4, -0.2) is 9.55 Å².